The minimum atomic E-state index is -0.255. The maximum atomic E-state index is 12.0. The fourth-order valence-corrected chi connectivity index (χ4v) is 3.50. The second-order valence-corrected chi connectivity index (χ2v) is 8.94. The quantitative estimate of drug-likeness (QED) is 0.355. The van der Waals surface area contributed by atoms with Gasteiger partial charge in [-0.05, 0) is 31.4 Å². The summed E-state index contributed by atoms with van der Waals surface area (Å²) in [5, 5.41) is 0. The smallest absolute Gasteiger partial charge is 0.338 e. The number of esters is 1. The molecule has 4 nitrogen and oxygen atoms in total. The Kier molecular flexibility index (Phi) is 9.46. The summed E-state index contributed by atoms with van der Waals surface area (Å²) in [6.45, 7) is 9.15. The van der Waals surface area contributed by atoms with Crippen LogP contribution in [-0.2, 0) is 14.2 Å². The largest absolute Gasteiger partial charge is 0.462 e. The maximum absolute atomic E-state index is 12.0. The molecule has 0 aliphatic carbocycles. The first kappa shape index (κ1) is 22.9. The van der Waals surface area contributed by atoms with E-state index in [4.69, 9.17) is 14.2 Å². The first-order chi connectivity index (χ1) is 13.4. The highest BCUT2D eigenvalue weighted by molar-refractivity contribution is 5.89. The lowest BCUT2D eigenvalue weighted by molar-refractivity contribution is -0.281. The summed E-state index contributed by atoms with van der Waals surface area (Å²) in [6, 6.07) is 9.14. The van der Waals surface area contributed by atoms with Crippen LogP contribution >= 0.6 is 0 Å². The van der Waals surface area contributed by atoms with Crippen molar-refractivity contribution in [2.75, 3.05) is 6.61 Å². The van der Waals surface area contributed by atoms with E-state index in [1.165, 1.54) is 25.7 Å². The molecule has 28 heavy (non-hydrogen) atoms. The highest BCUT2D eigenvalue weighted by Gasteiger charge is 2.36. The first-order valence-corrected chi connectivity index (χ1v) is 10.9. The van der Waals surface area contributed by atoms with Crippen LogP contribution in [0.3, 0.4) is 0 Å². The molecule has 0 N–H and O–H groups in total. The lowest BCUT2D eigenvalue weighted by Crippen LogP contribution is -2.44. The van der Waals surface area contributed by atoms with Crippen LogP contribution in [0.1, 0.15) is 89.4 Å². The monoisotopic (exact) mass is 390 g/mol. The van der Waals surface area contributed by atoms with Crippen LogP contribution in [0.5, 0.6) is 0 Å². The Bertz CT molecular complexity index is 564. The predicted molar refractivity (Wildman–Crippen MR) is 112 cm³/mol. The van der Waals surface area contributed by atoms with E-state index in [1.54, 1.807) is 12.1 Å². The lowest BCUT2D eigenvalue weighted by atomic mass is 9.93. The van der Waals surface area contributed by atoms with Gasteiger partial charge in [0.05, 0.1) is 24.4 Å². The summed E-state index contributed by atoms with van der Waals surface area (Å²) in [7, 11) is 0. The molecule has 0 amide bonds. The van der Waals surface area contributed by atoms with Crippen molar-refractivity contribution < 1.29 is 19.0 Å². The van der Waals surface area contributed by atoms with Crippen LogP contribution in [0, 0.1) is 5.41 Å². The van der Waals surface area contributed by atoms with E-state index < -0.39 is 0 Å². The number of hydrogen-bond acceptors (Lipinski definition) is 4. The van der Waals surface area contributed by atoms with Crippen LogP contribution < -0.4 is 0 Å². The number of rotatable bonds is 10. The van der Waals surface area contributed by atoms with Crippen molar-refractivity contribution in [1.29, 1.82) is 0 Å². The van der Waals surface area contributed by atoms with E-state index in [1.807, 2.05) is 18.2 Å². The second-order valence-electron chi connectivity index (χ2n) is 8.94. The van der Waals surface area contributed by atoms with Gasteiger partial charge in [-0.3, -0.25) is 0 Å². The minimum Gasteiger partial charge on any atom is -0.462 e. The molecular formula is C24H38O4. The van der Waals surface area contributed by atoms with Gasteiger partial charge in [0, 0.05) is 11.8 Å². The number of ether oxygens (including phenoxy) is 3. The molecular weight excluding hydrogens is 352 g/mol. The van der Waals surface area contributed by atoms with E-state index in [0.29, 0.717) is 12.2 Å². The molecule has 0 radical (unpaired) electrons. The zero-order valence-corrected chi connectivity index (χ0v) is 18.1. The summed E-state index contributed by atoms with van der Waals surface area (Å²) >= 11 is 0. The van der Waals surface area contributed by atoms with E-state index >= 15 is 0 Å². The van der Waals surface area contributed by atoms with Gasteiger partial charge in [0.15, 0.2) is 6.29 Å². The Morgan fingerprint density at radius 2 is 1.64 bits per heavy atom. The van der Waals surface area contributed by atoms with Gasteiger partial charge >= 0.3 is 5.97 Å². The van der Waals surface area contributed by atoms with Gasteiger partial charge in [0.25, 0.3) is 0 Å². The molecule has 1 fully saturated rings. The molecule has 0 spiro atoms. The number of hydrogen-bond donors (Lipinski definition) is 0. The predicted octanol–water partition coefficient (Wildman–Crippen LogP) is 6.14. The van der Waals surface area contributed by atoms with Crippen molar-refractivity contribution in [3.63, 3.8) is 0 Å². The second kappa shape index (κ2) is 11.6. The molecule has 4 heteroatoms. The third-order valence-electron chi connectivity index (χ3n) is 5.16. The van der Waals surface area contributed by atoms with Crippen molar-refractivity contribution in [2.45, 2.75) is 97.6 Å². The average molecular weight is 391 g/mol. The summed E-state index contributed by atoms with van der Waals surface area (Å²) < 4.78 is 17.9. The molecule has 1 aromatic rings. The number of unbranched alkanes of at least 4 members (excludes halogenated alkanes) is 3. The Balaban J connectivity index is 1.77. The fourth-order valence-electron chi connectivity index (χ4n) is 3.50. The van der Waals surface area contributed by atoms with Crippen molar-refractivity contribution >= 4 is 5.97 Å². The molecule has 0 aromatic heterocycles. The summed E-state index contributed by atoms with van der Waals surface area (Å²) in [4.78, 5) is 12.0. The molecule has 0 bridgehead atoms. The van der Waals surface area contributed by atoms with Crippen LogP contribution in [0.2, 0.25) is 0 Å². The van der Waals surface area contributed by atoms with Crippen molar-refractivity contribution in [3.05, 3.63) is 35.9 Å². The Morgan fingerprint density at radius 3 is 2.25 bits per heavy atom. The summed E-state index contributed by atoms with van der Waals surface area (Å²) in [5.74, 6) is -0.255. The van der Waals surface area contributed by atoms with Gasteiger partial charge in [-0.1, -0.05) is 71.6 Å². The molecule has 1 heterocycles. The average Bonchev–Trinajstić information content (AvgIpc) is 2.68. The number of benzene rings is 1. The van der Waals surface area contributed by atoms with Gasteiger partial charge in [-0.15, -0.1) is 0 Å². The molecule has 0 unspecified atom stereocenters. The molecule has 1 saturated heterocycles. The lowest BCUT2D eigenvalue weighted by Gasteiger charge is -2.41. The molecule has 1 aliphatic heterocycles. The molecule has 1 aromatic carbocycles. The minimum absolute atomic E-state index is 0.0416. The van der Waals surface area contributed by atoms with Crippen molar-refractivity contribution in [1.82, 2.24) is 0 Å². The third kappa shape index (κ3) is 7.92. The van der Waals surface area contributed by atoms with E-state index in [-0.39, 0.29) is 29.9 Å². The van der Waals surface area contributed by atoms with Gasteiger partial charge < -0.3 is 14.2 Å². The summed E-state index contributed by atoms with van der Waals surface area (Å²) in [6.07, 6.45) is 9.05. The molecule has 1 aliphatic rings. The van der Waals surface area contributed by atoms with Gasteiger partial charge in [-0.2, -0.15) is 0 Å². The van der Waals surface area contributed by atoms with Gasteiger partial charge in [-0.25, -0.2) is 4.79 Å². The Hall–Kier alpha value is -1.39. The van der Waals surface area contributed by atoms with Crippen LogP contribution in [0.4, 0.5) is 0 Å². The van der Waals surface area contributed by atoms with Gasteiger partial charge in [0.1, 0.15) is 0 Å². The van der Waals surface area contributed by atoms with Gasteiger partial charge in [0.2, 0.25) is 0 Å². The zero-order valence-electron chi connectivity index (χ0n) is 18.1. The standard InChI is InChI=1S/C24H38O4/c1-5-6-7-11-15-20-18-21(28-23(27-20)24(2,3)4)16-12-17-26-22(25)19-13-9-8-10-14-19/h8-10,13-14,20-21,23H,5-7,11-12,15-18H2,1-4H3/t20-,21-,23-/m1/s1. The number of carbonyl (C=O) groups is 1. The number of carbonyl (C=O) groups excluding carboxylic acids is 1. The Labute approximate surface area is 170 Å². The molecule has 0 saturated carbocycles. The summed E-state index contributed by atoms with van der Waals surface area (Å²) in [5.41, 5.74) is 0.560. The van der Waals surface area contributed by atoms with Crippen LogP contribution in [0.25, 0.3) is 0 Å². The highest BCUT2D eigenvalue weighted by Crippen LogP contribution is 2.34. The van der Waals surface area contributed by atoms with Crippen molar-refractivity contribution in [2.24, 2.45) is 5.41 Å². The topological polar surface area (TPSA) is 44.8 Å². The fraction of sp³-hybridized carbons (Fsp3) is 0.708. The van der Waals surface area contributed by atoms with Crippen LogP contribution in [0.15, 0.2) is 30.3 Å². The maximum Gasteiger partial charge on any atom is 0.338 e. The van der Waals surface area contributed by atoms with Crippen molar-refractivity contribution in [3.8, 4) is 0 Å². The molecule has 3 atom stereocenters. The van der Waals surface area contributed by atoms with E-state index in [9.17, 15) is 4.79 Å². The van der Waals surface area contributed by atoms with E-state index in [2.05, 4.69) is 27.7 Å². The Morgan fingerprint density at radius 1 is 1.00 bits per heavy atom. The zero-order chi connectivity index (χ0) is 20.4. The normalized spacial score (nSPS) is 22.8. The molecule has 158 valence electrons. The van der Waals surface area contributed by atoms with E-state index in [0.717, 1.165) is 25.7 Å². The SMILES string of the molecule is CCCCCC[C@@H]1C[C@@H](CCCOC(=O)c2ccccc2)O[C@H](C(C)(C)C)O1. The third-order valence-corrected chi connectivity index (χ3v) is 5.16. The highest BCUT2D eigenvalue weighted by atomic mass is 16.7. The first-order valence-electron chi connectivity index (χ1n) is 10.9. The van der Waals surface area contributed by atoms with Crippen LogP contribution in [-0.4, -0.2) is 31.1 Å². The molecule has 2 rings (SSSR count).